The molecule has 9 nitrogen and oxygen atoms in total. The van der Waals surface area contributed by atoms with Crippen LogP contribution in [-0.4, -0.2) is 40.5 Å². The fraction of sp³-hybridized carbons (Fsp3) is 0.192. The van der Waals surface area contributed by atoms with Crippen LogP contribution in [0.1, 0.15) is 21.6 Å². The highest BCUT2D eigenvalue weighted by atomic mass is 32.2. The molecule has 0 aliphatic carbocycles. The molecule has 0 saturated carbocycles. The van der Waals surface area contributed by atoms with Gasteiger partial charge >= 0.3 is 5.69 Å². The van der Waals surface area contributed by atoms with Gasteiger partial charge in [-0.3, -0.25) is 14.3 Å². The zero-order chi connectivity index (χ0) is 26.3. The van der Waals surface area contributed by atoms with Crippen LogP contribution in [0.15, 0.2) is 56.7 Å². The Hall–Kier alpha value is -3.96. The van der Waals surface area contributed by atoms with E-state index in [4.69, 9.17) is 9.47 Å². The van der Waals surface area contributed by atoms with Crippen molar-refractivity contribution >= 4 is 51.0 Å². The van der Waals surface area contributed by atoms with Gasteiger partial charge in [-0.05, 0) is 25.1 Å². The number of aryl methyl sites for hydroxylation is 1. The van der Waals surface area contributed by atoms with Crippen LogP contribution >= 0.6 is 23.3 Å². The Balaban J connectivity index is 1.90. The van der Waals surface area contributed by atoms with Crippen molar-refractivity contribution in [1.82, 2.24) is 18.8 Å². The van der Waals surface area contributed by atoms with E-state index in [1.807, 2.05) is 37.3 Å². The van der Waals surface area contributed by atoms with E-state index < -0.39 is 17.2 Å². The minimum absolute atomic E-state index is 0.182. The lowest BCUT2D eigenvalue weighted by atomic mass is 10.1. The summed E-state index contributed by atoms with van der Waals surface area (Å²) in [5.74, 6) is 0.652. The Labute approximate surface area is 219 Å². The van der Waals surface area contributed by atoms with Gasteiger partial charge in [-0.15, -0.1) is 11.3 Å². The summed E-state index contributed by atoms with van der Waals surface area (Å²) in [5.41, 5.74) is 2.14. The van der Waals surface area contributed by atoms with Gasteiger partial charge < -0.3 is 19.0 Å². The summed E-state index contributed by atoms with van der Waals surface area (Å²) in [6, 6.07) is 11.2. The van der Waals surface area contributed by atoms with Crippen molar-refractivity contribution in [2.75, 3.05) is 20.5 Å². The Kier molecular flexibility index (Phi) is 6.57. The van der Waals surface area contributed by atoms with Crippen LogP contribution < -0.4 is 25.4 Å². The molecule has 0 spiro atoms. The molecule has 3 heterocycles. The molecule has 2 aromatic carbocycles. The Morgan fingerprint density at radius 1 is 1.11 bits per heavy atom. The Morgan fingerprint density at radius 2 is 1.92 bits per heavy atom. The molecule has 190 valence electrons. The van der Waals surface area contributed by atoms with E-state index in [2.05, 4.69) is 9.71 Å². The molecule has 1 amide bonds. The van der Waals surface area contributed by atoms with E-state index in [9.17, 15) is 14.4 Å². The largest absolute Gasteiger partial charge is 0.493 e. The fourth-order valence-corrected chi connectivity index (χ4v) is 5.64. The van der Waals surface area contributed by atoms with E-state index in [0.717, 1.165) is 27.6 Å². The van der Waals surface area contributed by atoms with Crippen LogP contribution in [0.25, 0.3) is 27.5 Å². The number of fused-ring (bicyclic) bond motifs is 2. The number of ether oxygens (including phenoxy) is 2. The second-order valence-electron chi connectivity index (χ2n) is 8.36. The Bertz CT molecular complexity index is 1780. The van der Waals surface area contributed by atoms with Crippen molar-refractivity contribution in [3.63, 3.8) is 0 Å². The van der Waals surface area contributed by atoms with Crippen molar-refractivity contribution in [1.29, 1.82) is 0 Å². The van der Waals surface area contributed by atoms with Crippen molar-refractivity contribution in [3.8, 4) is 17.2 Å². The highest BCUT2D eigenvalue weighted by molar-refractivity contribution is 7.97. The molecule has 3 aromatic heterocycles. The molecular weight excluding hydrogens is 512 g/mol. The second kappa shape index (κ2) is 9.83. The number of H-pyrrole nitrogens is 1. The number of hydrogen-bond acceptors (Lipinski definition) is 7. The Morgan fingerprint density at radius 3 is 2.65 bits per heavy atom. The van der Waals surface area contributed by atoms with Crippen LogP contribution in [0.5, 0.6) is 11.5 Å². The molecule has 11 heteroatoms. The number of aromatic nitrogens is 3. The lowest BCUT2D eigenvalue weighted by molar-refractivity contribution is 0.0976. The van der Waals surface area contributed by atoms with Gasteiger partial charge in [-0.25, -0.2) is 9.36 Å². The third-order valence-corrected chi connectivity index (χ3v) is 7.31. The zero-order valence-electron chi connectivity index (χ0n) is 20.6. The monoisotopic (exact) mass is 536 g/mol. The molecule has 5 rings (SSSR count). The molecule has 0 aliphatic rings. The van der Waals surface area contributed by atoms with Gasteiger partial charge in [0.15, 0.2) is 11.5 Å². The average Bonchev–Trinajstić information content (AvgIpc) is 3.47. The predicted octanol–water partition coefficient (Wildman–Crippen LogP) is 4.08. The summed E-state index contributed by atoms with van der Waals surface area (Å²) in [6.45, 7) is 2.15. The third-order valence-electron chi connectivity index (χ3n) is 6.18. The highest BCUT2D eigenvalue weighted by Gasteiger charge is 2.28. The molecule has 0 saturated heterocycles. The van der Waals surface area contributed by atoms with Crippen LogP contribution in [0, 0.1) is 6.92 Å². The lowest BCUT2D eigenvalue weighted by Crippen LogP contribution is -2.35. The smallest absolute Gasteiger partial charge is 0.333 e. The molecule has 0 fully saturated rings. The van der Waals surface area contributed by atoms with E-state index in [1.54, 1.807) is 41.9 Å². The summed E-state index contributed by atoms with van der Waals surface area (Å²) in [7, 11) is 3.12. The molecular formula is C26H24N4O5S2. The number of hydrogen-bond donors (Lipinski definition) is 2. The number of nitrogens with one attached hydrogen (secondary N) is 2. The van der Waals surface area contributed by atoms with Gasteiger partial charge in [0.25, 0.3) is 11.5 Å². The normalized spacial score (nSPS) is 11.2. The van der Waals surface area contributed by atoms with Gasteiger partial charge in [0.05, 0.1) is 42.9 Å². The molecule has 0 unspecified atom stereocenters. The van der Waals surface area contributed by atoms with E-state index in [-0.39, 0.29) is 17.9 Å². The van der Waals surface area contributed by atoms with Crippen molar-refractivity contribution < 1.29 is 14.3 Å². The van der Waals surface area contributed by atoms with Gasteiger partial charge in [-0.1, -0.05) is 35.7 Å². The van der Waals surface area contributed by atoms with Gasteiger partial charge in [-0.2, -0.15) is 0 Å². The summed E-state index contributed by atoms with van der Waals surface area (Å²) in [5, 5.41) is 4.39. The number of aromatic amines is 1. The fourth-order valence-electron chi connectivity index (χ4n) is 4.61. The number of nitrogens with zero attached hydrogens (tertiary/aromatic N) is 2. The molecule has 0 bridgehead atoms. The number of methoxy groups -OCH3 is 2. The third kappa shape index (κ3) is 4.09. The summed E-state index contributed by atoms with van der Waals surface area (Å²) < 4.78 is 16.7. The quantitative estimate of drug-likeness (QED) is 0.304. The minimum atomic E-state index is -0.617. The van der Waals surface area contributed by atoms with Crippen molar-refractivity contribution in [3.05, 3.63) is 84.8 Å². The summed E-state index contributed by atoms with van der Waals surface area (Å²) in [6.07, 6.45) is 1.73. The molecule has 0 radical (unpaired) electrons. The number of amides is 1. The van der Waals surface area contributed by atoms with Crippen LogP contribution in [-0.2, 0) is 6.54 Å². The maximum absolute atomic E-state index is 13.6. The molecule has 0 aliphatic heterocycles. The van der Waals surface area contributed by atoms with E-state index >= 15 is 0 Å². The van der Waals surface area contributed by atoms with Crippen LogP contribution in [0.4, 0.5) is 0 Å². The molecule has 5 aromatic rings. The maximum Gasteiger partial charge on any atom is 0.333 e. The first-order chi connectivity index (χ1) is 17.9. The van der Waals surface area contributed by atoms with Crippen LogP contribution in [0.3, 0.4) is 0 Å². The van der Waals surface area contributed by atoms with E-state index in [1.165, 1.54) is 11.3 Å². The summed E-state index contributed by atoms with van der Waals surface area (Å²) in [4.78, 5) is 43.3. The predicted molar refractivity (Wildman–Crippen MR) is 148 cm³/mol. The maximum atomic E-state index is 13.6. The van der Waals surface area contributed by atoms with E-state index in [0.29, 0.717) is 33.3 Å². The van der Waals surface area contributed by atoms with Gasteiger partial charge in [0, 0.05) is 28.0 Å². The average molecular weight is 537 g/mol. The van der Waals surface area contributed by atoms with Gasteiger partial charge in [0.1, 0.15) is 5.69 Å². The number of carbonyl (C=O) groups excluding carboxylic acids is 1. The summed E-state index contributed by atoms with van der Waals surface area (Å²) >= 11 is 2.46. The SMILES string of the molecule is COc1cccc(Cn2c(C(=O)NSC)c(-n3c(=O)[nH]c4cscc4c3=O)c3cc(C)ccc32)c1OC. The molecule has 0 atom stereocenters. The number of thiophene rings is 1. The molecule has 2 N–H and O–H groups in total. The standard InChI is InChI=1S/C26H24N4O5S2/c1-14-8-9-19-16(10-14)21(30-25(32)17-12-37-13-18(17)27-26(30)33)22(24(31)28-36-4)29(19)11-15-6-5-7-20(34-2)23(15)35-3/h5-10,12-13H,11H2,1-4H3,(H,27,33)(H,28,31). The van der Waals surface area contributed by atoms with Crippen molar-refractivity contribution in [2.24, 2.45) is 0 Å². The van der Waals surface area contributed by atoms with Gasteiger partial charge in [0.2, 0.25) is 0 Å². The number of benzene rings is 2. The highest BCUT2D eigenvalue weighted by Crippen LogP contribution is 2.35. The number of carbonyl (C=O) groups is 1. The topological polar surface area (TPSA) is 107 Å². The number of para-hydroxylation sites is 1. The zero-order valence-corrected chi connectivity index (χ0v) is 22.2. The molecule has 37 heavy (non-hydrogen) atoms. The minimum Gasteiger partial charge on any atom is -0.493 e. The second-order valence-corrected chi connectivity index (χ2v) is 9.72. The first kappa shape index (κ1) is 24.7. The lowest BCUT2D eigenvalue weighted by Gasteiger charge is -2.16. The number of rotatable bonds is 7. The first-order valence-electron chi connectivity index (χ1n) is 11.3. The van der Waals surface area contributed by atoms with Crippen molar-refractivity contribution in [2.45, 2.75) is 13.5 Å². The first-order valence-corrected chi connectivity index (χ1v) is 13.4. The van der Waals surface area contributed by atoms with Crippen LogP contribution in [0.2, 0.25) is 0 Å².